The number of primary amides is 1. The minimum atomic E-state index is -0.953. The Labute approximate surface area is 97.0 Å². The van der Waals surface area contributed by atoms with Crippen LogP contribution < -0.4 is 11.3 Å². The second-order valence-corrected chi connectivity index (χ2v) is 3.94. The summed E-state index contributed by atoms with van der Waals surface area (Å²) in [6.07, 6.45) is 1.13. The number of carbonyl (C=O) groups excluding carboxylic acids is 1. The highest BCUT2D eigenvalue weighted by atomic mass is 16.6. The molecule has 7 nitrogen and oxygen atoms in total. The Morgan fingerprint density at radius 2 is 2.06 bits per heavy atom. The van der Waals surface area contributed by atoms with E-state index in [1.165, 1.54) is 6.92 Å². The summed E-state index contributed by atoms with van der Waals surface area (Å²) >= 11 is 0. The van der Waals surface area contributed by atoms with E-state index in [1.807, 2.05) is 0 Å². The van der Waals surface area contributed by atoms with Gasteiger partial charge in [-0.05, 0) is 20.8 Å². The Morgan fingerprint density at radius 1 is 1.53 bits per heavy atom. The third-order valence-electron chi connectivity index (χ3n) is 2.47. The highest BCUT2D eigenvalue weighted by molar-refractivity contribution is 5.94. The number of hydrogen-bond donors (Lipinski definition) is 1. The van der Waals surface area contributed by atoms with E-state index in [2.05, 4.69) is 0 Å². The van der Waals surface area contributed by atoms with E-state index in [-0.39, 0.29) is 22.9 Å². The van der Waals surface area contributed by atoms with Crippen LogP contribution in [0.4, 0.5) is 5.69 Å². The Kier molecular flexibility index (Phi) is 3.31. The van der Waals surface area contributed by atoms with Gasteiger partial charge in [0.05, 0.1) is 11.1 Å². The molecule has 0 fully saturated rings. The van der Waals surface area contributed by atoms with Crippen LogP contribution in [0.3, 0.4) is 0 Å². The number of carbonyl (C=O) groups is 1. The standard InChI is InChI=1S/C10H13N3O4/c1-5(2)12-4-7(13(16)17)6(3)8(9(11)14)10(12)15/h4-5H,1-3H3,(H2,11,14). The maximum atomic E-state index is 11.9. The molecule has 0 atom stereocenters. The van der Waals surface area contributed by atoms with Crippen molar-refractivity contribution in [3.63, 3.8) is 0 Å². The second-order valence-electron chi connectivity index (χ2n) is 3.94. The topological polar surface area (TPSA) is 108 Å². The Hall–Kier alpha value is -2.18. The van der Waals surface area contributed by atoms with E-state index in [9.17, 15) is 19.7 Å². The first-order chi connectivity index (χ1) is 7.77. The summed E-state index contributed by atoms with van der Waals surface area (Å²) in [5, 5.41) is 10.8. The number of nitrogens with two attached hydrogens (primary N) is 1. The van der Waals surface area contributed by atoms with Gasteiger partial charge in [0.15, 0.2) is 0 Å². The lowest BCUT2D eigenvalue weighted by atomic mass is 10.1. The van der Waals surface area contributed by atoms with Crippen LogP contribution in [-0.4, -0.2) is 15.4 Å². The highest BCUT2D eigenvalue weighted by Crippen LogP contribution is 2.19. The van der Waals surface area contributed by atoms with Crippen LogP contribution in [0.15, 0.2) is 11.0 Å². The lowest BCUT2D eigenvalue weighted by Gasteiger charge is -2.12. The number of amides is 1. The van der Waals surface area contributed by atoms with Crippen LogP contribution >= 0.6 is 0 Å². The van der Waals surface area contributed by atoms with Gasteiger partial charge in [0.2, 0.25) is 0 Å². The van der Waals surface area contributed by atoms with E-state index in [4.69, 9.17) is 5.73 Å². The molecule has 1 amide bonds. The summed E-state index contributed by atoms with van der Waals surface area (Å²) in [5.74, 6) is -0.953. The largest absolute Gasteiger partial charge is 0.365 e. The van der Waals surface area contributed by atoms with Gasteiger partial charge < -0.3 is 10.3 Å². The predicted molar refractivity (Wildman–Crippen MR) is 61.0 cm³/mol. The Morgan fingerprint density at radius 3 is 2.41 bits per heavy atom. The zero-order valence-electron chi connectivity index (χ0n) is 9.76. The maximum Gasteiger partial charge on any atom is 0.289 e. The molecule has 1 rings (SSSR count). The molecule has 0 spiro atoms. The van der Waals surface area contributed by atoms with Crippen molar-refractivity contribution < 1.29 is 9.72 Å². The number of pyridine rings is 1. The maximum absolute atomic E-state index is 11.9. The van der Waals surface area contributed by atoms with Crippen LogP contribution in [0.2, 0.25) is 0 Å². The van der Waals surface area contributed by atoms with E-state index >= 15 is 0 Å². The van der Waals surface area contributed by atoms with E-state index in [0.29, 0.717) is 0 Å². The predicted octanol–water partition coefficient (Wildman–Crippen LogP) is 0.745. The fourth-order valence-corrected chi connectivity index (χ4v) is 1.56. The molecule has 2 N–H and O–H groups in total. The van der Waals surface area contributed by atoms with Crippen molar-refractivity contribution in [1.82, 2.24) is 4.57 Å². The third-order valence-corrected chi connectivity index (χ3v) is 2.47. The summed E-state index contributed by atoms with van der Waals surface area (Å²) in [6, 6.07) is -0.292. The Balaban J connectivity index is 3.76. The molecule has 0 unspecified atom stereocenters. The lowest BCUT2D eigenvalue weighted by Crippen LogP contribution is -2.32. The molecule has 0 aliphatic carbocycles. The van der Waals surface area contributed by atoms with Gasteiger partial charge in [0, 0.05) is 11.6 Å². The molecule has 1 aromatic heterocycles. The molecule has 0 radical (unpaired) electrons. The fourth-order valence-electron chi connectivity index (χ4n) is 1.56. The zero-order chi connectivity index (χ0) is 13.3. The lowest BCUT2D eigenvalue weighted by molar-refractivity contribution is -0.386. The third kappa shape index (κ3) is 2.17. The number of aromatic nitrogens is 1. The summed E-state index contributed by atoms with van der Waals surface area (Å²) in [5.41, 5.74) is 3.87. The van der Waals surface area contributed by atoms with Crippen molar-refractivity contribution in [2.75, 3.05) is 0 Å². The number of nitrogens with zero attached hydrogens (tertiary/aromatic N) is 2. The van der Waals surface area contributed by atoms with E-state index < -0.39 is 16.4 Å². The van der Waals surface area contributed by atoms with Crippen molar-refractivity contribution in [3.05, 3.63) is 37.8 Å². The van der Waals surface area contributed by atoms with Gasteiger partial charge in [-0.2, -0.15) is 0 Å². The average Bonchev–Trinajstić information content (AvgIpc) is 2.15. The normalized spacial score (nSPS) is 10.6. The molecule has 17 heavy (non-hydrogen) atoms. The summed E-state index contributed by atoms with van der Waals surface area (Å²) in [4.78, 5) is 33.2. The van der Waals surface area contributed by atoms with Crippen LogP contribution in [0.25, 0.3) is 0 Å². The molecule has 0 aromatic carbocycles. The second kappa shape index (κ2) is 4.36. The minimum Gasteiger partial charge on any atom is -0.365 e. The van der Waals surface area contributed by atoms with Crippen LogP contribution in [-0.2, 0) is 0 Å². The van der Waals surface area contributed by atoms with Crippen molar-refractivity contribution in [2.45, 2.75) is 26.8 Å². The zero-order valence-corrected chi connectivity index (χ0v) is 9.76. The minimum absolute atomic E-state index is 0.00407. The first kappa shape index (κ1) is 12.9. The van der Waals surface area contributed by atoms with E-state index in [1.54, 1.807) is 13.8 Å². The van der Waals surface area contributed by atoms with Gasteiger partial charge in [-0.15, -0.1) is 0 Å². The van der Waals surface area contributed by atoms with Crippen molar-refractivity contribution >= 4 is 11.6 Å². The molecular weight excluding hydrogens is 226 g/mol. The molecule has 1 heterocycles. The molecule has 92 valence electrons. The van der Waals surface area contributed by atoms with Gasteiger partial charge in [-0.25, -0.2) is 0 Å². The molecule has 0 aliphatic rings. The first-order valence-corrected chi connectivity index (χ1v) is 4.97. The molecule has 0 saturated heterocycles. The molecule has 0 bridgehead atoms. The van der Waals surface area contributed by atoms with Gasteiger partial charge in [-0.3, -0.25) is 19.7 Å². The molecule has 0 aliphatic heterocycles. The molecule has 0 saturated carbocycles. The summed E-state index contributed by atoms with van der Waals surface area (Å²) < 4.78 is 1.13. The highest BCUT2D eigenvalue weighted by Gasteiger charge is 2.23. The summed E-state index contributed by atoms with van der Waals surface area (Å²) in [6.45, 7) is 4.71. The SMILES string of the molecule is Cc1c([N+](=O)[O-])cn(C(C)C)c(=O)c1C(N)=O. The number of nitro groups is 1. The van der Waals surface area contributed by atoms with Crippen molar-refractivity contribution in [3.8, 4) is 0 Å². The van der Waals surface area contributed by atoms with Crippen LogP contribution in [0.1, 0.15) is 35.8 Å². The van der Waals surface area contributed by atoms with Gasteiger partial charge in [0.25, 0.3) is 17.2 Å². The van der Waals surface area contributed by atoms with Gasteiger partial charge >= 0.3 is 0 Å². The summed E-state index contributed by atoms with van der Waals surface area (Å²) in [7, 11) is 0. The van der Waals surface area contributed by atoms with Crippen LogP contribution in [0.5, 0.6) is 0 Å². The quantitative estimate of drug-likeness (QED) is 0.619. The molecular formula is C10H13N3O4. The van der Waals surface area contributed by atoms with Gasteiger partial charge in [0.1, 0.15) is 5.56 Å². The Bertz CT molecular complexity index is 545. The van der Waals surface area contributed by atoms with Gasteiger partial charge in [-0.1, -0.05) is 0 Å². The van der Waals surface area contributed by atoms with Crippen molar-refractivity contribution in [1.29, 1.82) is 0 Å². The number of hydrogen-bond acceptors (Lipinski definition) is 4. The number of rotatable bonds is 3. The molecule has 1 aromatic rings. The van der Waals surface area contributed by atoms with Crippen LogP contribution in [0, 0.1) is 17.0 Å². The molecule has 7 heteroatoms. The smallest absolute Gasteiger partial charge is 0.289 e. The van der Waals surface area contributed by atoms with E-state index in [0.717, 1.165) is 10.8 Å². The average molecular weight is 239 g/mol. The van der Waals surface area contributed by atoms with Crippen molar-refractivity contribution in [2.24, 2.45) is 5.73 Å². The first-order valence-electron chi connectivity index (χ1n) is 4.97. The monoisotopic (exact) mass is 239 g/mol. The fraction of sp³-hybridized carbons (Fsp3) is 0.400.